The summed E-state index contributed by atoms with van der Waals surface area (Å²) in [5, 5.41) is 12.3. The predicted molar refractivity (Wildman–Crippen MR) is 132 cm³/mol. The van der Waals surface area contributed by atoms with Crippen LogP contribution in [0.1, 0.15) is 12.8 Å². The molecule has 8 heteroatoms. The fourth-order valence-electron chi connectivity index (χ4n) is 3.30. The van der Waals surface area contributed by atoms with Crippen LogP contribution in [0, 0.1) is 5.82 Å². The first-order chi connectivity index (χ1) is 16.7. The highest BCUT2D eigenvalue weighted by molar-refractivity contribution is 7.99. The van der Waals surface area contributed by atoms with E-state index in [0.717, 1.165) is 29.9 Å². The van der Waals surface area contributed by atoms with Crippen LogP contribution in [0.15, 0.2) is 90.1 Å². The van der Waals surface area contributed by atoms with Gasteiger partial charge < -0.3 is 10.1 Å². The van der Waals surface area contributed by atoms with Gasteiger partial charge >= 0.3 is 0 Å². The molecule has 0 spiro atoms. The van der Waals surface area contributed by atoms with Crippen molar-refractivity contribution in [2.45, 2.75) is 18.0 Å². The van der Waals surface area contributed by atoms with E-state index in [-0.39, 0.29) is 17.5 Å². The molecule has 0 saturated heterocycles. The van der Waals surface area contributed by atoms with Crippen molar-refractivity contribution < 1.29 is 13.9 Å². The predicted octanol–water partition coefficient (Wildman–Crippen LogP) is 5.14. The van der Waals surface area contributed by atoms with Crippen molar-refractivity contribution in [1.82, 2.24) is 20.1 Å². The summed E-state index contributed by atoms with van der Waals surface area (Å²) >= 11 is 1.35. The molecule has 0 atom stereocenters. The molecule has 0 aliphatic rings. The van der Waals surface area contributed by atoms with Crippen molar-refractivity contribution >= 4 is 17.7 Å². The first-order valence-electron chi connectivity index (χ1n) is 11.0. The molecule has 6 nitrogen and oxygen atoms in total. The smallest absolute Gasteiger partial charge is 0.230 e. The summed E-state index contributed by atoms with van der Waals surface area (Å²) in [7, 11) is 0. The van der Waals surface area contributed by atoms with Crippen LogP contribution in [0.2, 0.25) is 0 Å². The van der Waals surface area contributed by atoms with E-state index in [4.69, 9.17) is 4.74 Å². The molecule has 0 saturated carbocycles. The Bertz CT molecular complexity index is 1180. The minimum Gasteiger partial charge on any atom is -0.494 e. The second-order valence-electron chi connectivity index (χ2n) is 7.49. The second kappa shape index (κ2) is 12.0. The number of thioether (sulfide) groups is 1. The summed E-state index contributed by atoms with van der Waals surface area (Å²) in [6.45, 7) is 1.07. The monoisotopic (exact) mass is 476 g/mol. The lowest BCUT2D eigenvalue weighted by molar-refractivity contribution is -0.118. The number of ether oxygens (including phenoxy) is 1. The maximum Gasteiger partial charge on any atom is 0.230 e. The number of halogens is 1. The van der Waals surface area contributed by atoms with E-state index >= 15 is 0 Å². The Morgan fingerprint density at radius 2 is 1.62 bits per heavy atom. The van der Waals surface area contributed by atoms with E-state index in [0.29, 0.717) is 24.1 Å². The Morgan fingerprint density at radius 1 is 0.912 bits per heavy atom. The van der Waals surface area contributed by atoms with Gasteiger partial charge in [0.1, 0.15) is 11.6 Å². The fraction of sp³-hybridized carbons (Fsp3) is 0.192. The number of para-hydroxylation sites is 1. The third-order valence-corrected chi connectivity index (χ3v) is 5.92. The van der Waals surface area contributed by atoms with E-state index in [9.17, 15) is 9.18 Å². The van der Waals surface area contributed by atoms with E-state index in [2.05, 4.69) is 15.5 Å². The summed E-state index contributed by atoms with van der Waals surface area (Å²) in [4.78, 5) is 12.4. The van der Waals surface area contributed by atoms with Gasteiger partial charge in [-0.05, 0) is 49.2 Å². The number of amides is 1. The normalized spacial score (nSPS) is 10.7. The lowest BCUT2D eigenvalue weighted by atomic mass is 10.2. The number of carbonyl (C=O) groups is 1. The van der Waals surface area contributed by atoms with Crippen LogP contribution in [0.4, 0.5) is 4.39 Å². The molecule has 4 rings (SSSR count). The van der Waals surface area contributed by atoms with Crippen molar-refractivity contribution in [3.8, 4) is 22.8 Å². The molecule has 4 aromatic rings. The molecule has 34 heavy (non-hydrogen) atoms. The molecule has 3 aromatic carbocycles. The van der Waals surface area contributed by atoms with Gasteiger partial charge in [0.05, 0.1) is 12.4 Å². The van der Waals surface area contributed by atoms with Crippen molar-refractivity contribution in [2.24, 2.45) is 0 Å². The highest BCUT2D eigenvalue weighted by Crippen LogP contribution is 2.27. The molecule has 0 unspecified atom stereocenters. The third-order valence-electron chi connectivity index (χ3n) is 4.99. The first kappa shape index (κ1) is 23.5. The Balaban J connectivity index is 1.27. The van der Waals surface area contributed by atoms with Gasteiger partial charge in [-0.15, -0.1) is 10.2 Å². The van der Waals surface area contributed by atoms with Gasteiger partial charge in [0.15, 0.2) is 11.0 Å². The van der Waals surface area contributed by atoms with Gasteiger partial charge in [0.2, 0.25) is 5.91 Å². The summed E-state index contributed by atoms with van der Waals surface area (Å²) in [6, 6.07) is 25.7. The van der Waals surface area contributed by atoms with E-state index in [1.165, 1.54) is 23.9 Å². The van der Waals surface area contributed by atoms with Crippen molar-refractivity contribution in [3.05, 3.63) is 90.7 Å². The largest absolute Gasteiger partial charge is 0.494 e. The molecule has 1 heterocycles. The van der Waals surface area contributed by atoms with Crippen LogP contribution >= 0.6 is 11.8 Å². The summed E-state index contributed by atoms with van der Waals surface area (Å²) in [5.41, 5.74) is 1.90. The lowest BCUT2D eigenvalue weighted by Gasteiger charge is -2.10. The zero-order chi connectivity index (χ0) is 23.6. The van der Waals surface area contributed by atoms with Crippen molar-refractivity contribution in [3.63, 3.8) is 0 Å². The molecular weight excluding hydrogens is 451 g/mol. The van der Waals surface area contributed by atoms with Crippen LogP contribution in [0.3, 0.4) is 0 Å². The fourth-order valence-corrected chi connectivity index (χ4v) is 4.09. The van der Waals surface area contributed by atoms with Gasteiger partial charge in [0.25, 0.3) is 0 Å². The zero-order valence-corrected chi connectivity index (χ0v) is 19.4. The minimum absolute atomic E-state index is 0.0617. The Hall–Kier alpha value is -3.65. The van der Waals surface area contributed by atoms with Gasteiger partial charge in [-0.2, -0.15) is 0 Å². The maximum atomic E-state index is 12.9. The molecule has 0 radical (unpaired) electrons. The van der Waals surface area contributed by atoms with Gasteiger partial charge in [-0.3, -0.25) is 9.36 Å². The average Bonchev–Trinajstić information content (AvgIpc) is 3.31. The Kier molecular flexibility index (Phi) is 8.29. The summed E-state index contributed by atoms with van der Waals surface area (Å²) in [6.07, 6.45) is 1.57. The molecule has 174 valence electrons. The average molecular weight is 477 g/mol. The molecule has 0 fully saturated rings. The second-order valence-corrected chi connectivity index (χ2v) is 8.43. The quantitative estimate of drug-likeness (QED) is 0.240. The number of nitrogens with one attached hydrogen (secondary N) is 1. The Labute approximate surface area is 202 Å². The van der Waals surface area contributed by atoms with Gasteiger partial charge in [0, 0.05) is 17.8 Å². The summed E-state index contributed by atoms with van der Waals surface area (Å²) in [5.74, 6) is 1.26. The van der Waals surface area contributed by atoms with Crippen LogP contribution in [0.5, 0.6) is 5.75 Å². The number of rotatable bonds is 11. The number of carbonyl (C=O) groups excluding carboxylic acids is 1. The SMILES string of the molecule is O=C(CSc1nnc(-c2ccccc2)n1-c1ccccc1)NCCCCOc1ccc(F)cc1. The lowest BCUT2D eigenvalue weighted by Crippen LogP contribution is -2.26. The van der Waals surface area contributed by atoms with Crippen LogP contribution in [-0.2, 0) is 4.79 Å². The number of unbranched alkanes of at least 4 members (excludes halogenated alkanes) is 1. The Morgan fingerprint density at radius 3 is 2.35 bits per heavy atom. The highest BCUT2D eigenvalue weighted by atomic mass is 32.2. The van der Waals surface area contributed by atoms with Crippen LogP contribution < -0.4 is 10.1 Å². The minimum atomic E-state index is -0.286. The zero-order valence-electron chi connectivity index (χ0n) is 18.6. The number of aromatic nitrogens is 3. The van der Waals surface area contributed by atoms with E-state index < -0.39 is 0 Å². The molecule has 0 aliphatic carbocycles. The standard InChI is InChI=1S/C26H25FN4O2S/c27-21-13-15-23(16-14-21)33-18-8-7-17-28-24(32)19-34-26-30-29-25(20-9-3-1-4-10-20)31(26)22-11-5-2-6-12-22/h1-6,9-16H,7-8,17-19H2,(H,28,32). The molecule has 0 bridgehead atoms. The van der Waals surface area contributed by atoms with Gasteiger partial charge in [-0.25, -0.2) is 4.39 Å². The molecule has 1 N–H and O–H groups in total. The maximum absolute atomic E-state index is 12.9. The van der Waals surface area contributed by atoms with Gasteiger partial charge in [-0.1, -0.05) is 60.3 Å². The number of hydrogen-bond donors (Lipinski definition) is 1. The van der Waals surface area contributed by atoms with Crippen molar-refractivity contribution in [2.75, 3.05) is 18.9 Å². The molecule has 1 aromatic heterocycles. The highest BCUT2D eigenvalue weighted by Gasteiger charge is 2.17. The topological polar surface area (TPSA) is 69.0 Å². The number of nitrogens with zero attached hydrogens (tertiary/aromatic N) is 3. The van der Waals surface area contributed by atoms with Crippen LogP contribution in [0.25, 0.3) is 17.1 Å². The van der Waals surface area contributed by atoms with Crippen molar-refractivity contribution in [1.29, 1.82) is 0 Å². The first-order valence-corrected chi connectivity index (χ1v) is 12.0. The van der Waals surface area contributed by atoms with Crippen LogP contribution in [-0.4, -0.2) is 39.6 Å². The molecule has 0 aliphatic heterocycles. The summed E-state index contributed by atoms with van der Waals surface area (Å²) < 4.78 is 20.4. The molecular formula is C26H25FN4O2S. The molecule has 1 amide bonds. The number of hydrogen-bond acceptors (Lipinski definition) is 5. The van der Waals surface area contributed by atoms with E-state index in [1.54, 1.807) is 12.1 Å². The third kappa shape index (κ3) is 6.45. The van der Waals surface area contributed by atoms with E-state index in [1.807, 2.05) is 65.2 Å². The number of benzene rings is 3.